The molecular formula is C24H23Cl2N3O5. The number of benzene rings is 2. The standard InChI is InChI=1S/C24H23Cl2N3O5/c1-12-10-14(8-9-15(12)19-13(2)28(3)24(34)29(4)22(19)31)11-18(23(32)33)27-21(30)20-16(25)6-5-7-17(20)26/h5-10,18H,11H2,1-4H3,(H,27,30)(H,32,33)/t18-/m0/s1. The lowest BCUT2D eigenvalue weighted by Crippen LogP contribution is -2.42. The number of carboxylic acid groups (broad SMARTS) is 1. The average molecular weight is 504 g/mol. The van der Waals surface area contributed by atoms with Gasteiger partial charge in [-0.25, -0.2) is 9.59 Å². The van der Waals surface area contributed by atoms with Crippen LogP contribution in [0.1, 0.15) is 27.2 Å². The first-order valence-electron chi connectivity index (χ1n) is 10.3. The highest BCUT2D eigenvalue weighted by Crippen LogP contribution is 2.26. The van der Waals surface area contributed by atoms with Crippen LogP contribution < -0.4 is 16.6 Å². The van der Waals surface area contributed by atoms with Crippen LogP contribution in [0.2, 0.25) is 10.0 Å². The van der Waals surface area contributed by atoms with Gasteiger partial charge < -0.3 is 15.0 Å². The molecule has 0 aliphatic rings. The van der Waals surface area contributed by atoms with Crippen LogP contribution in [0.3, 0.4) is 0 Å². The molecule has 0 bridgehead atoms. The average Bonchev–Trinajstić information content (AvgIpc) is 2.77. The largest absolute Gasteiger partial charge is 0.480 e. The van der Waals surface area contributed by atoms with Gasteiger partial charge in [-0.2, -0.15) is 0 Å². The van der Waals surface area contributed by atoms with E-state index in [9.17, 15) is 24.3 Å². The van der Waals surface area contributed by atoms with E-state index in [1.807, 2.05) is 0 Å². The molecule has 1 atom stereocenters. The quantitative estimate of drug-likeness (QED) is 0.536. The Kier molecular flexibility index (Phi) is 7.33. The number of aryl methyl sites for hydroxylation is 1. The summed E-state index contributed by atoms with van der Waals surface area (Å²) in [6.45, 7) is 3.49. The summed E-state index contributed by atoms with van der Waals surface area (Å²) >= 11 is 12.1. The highest BCUT2D eigenvalue weighted by Gasteiger charge is 2.24. The number of carbonyl (C=O) groups excluding carboxylic acids is 1. The van der Waals surface area contributed by atoms with Gasteiger partial charge in [-0.3, -0.25) is 14.2 Å². The molecule has 2 N–H and O–H groups in total. The molecule has 1 amide bonds. The number of hydrogen-bond acceptors (Lipinski definition) is 4. The number of amides is 1. The van der Waals surface area contributed by atoms with Gasteiger partial charge in [-0.05, 0) is 42.7 Å². The maximum Gasteiger partial charge on any atom is 0.330 e. The van der Waals surface area contributed by atoms with Crippen molar-refractivity contribution < 1.29 is 14.7 Å². The molecule has 34 heavy (non-hydrogen) atoms. The second-order valence-corrected chi connectivity index (χ2v) is 8.79. The second-order valence-electron chi connectivity index (χ2n) is 7.98. The Morgan fingerprint density at radius 3 is 2.21 bits per heavy atom. The fourth-order valence-electron chi connectivity index (χ4n) is 3.77. The number of aromatic nitrogens is 2. The summed E-state index contributed by atoms with van der Waals surface area (Å²) in [5.41, 5.74) is 2.09. The molecular weight excluding hydrogens is 481 g/mol. The molecule has 0 spiro atoms. The molecule has 0 saturated heterocycles. The first-order chi connectivity index (χ1) is 15.9. The third kappa shape index (κ3) is 4.78. The lowest BCUT2D eigenvalue weighted by atomic mass is 9.95. The predicted octanol–water partition coefficient (Wildman–Crippen LogP) is 3.10. The molecule has 0 saturated carbocycles. The van der Waals surface area contributed by atoms with Crippen molar-refractivity contribution in [3.05, 3.63) is 89.7 Å². The predicted molar refractivity (Wildman–Crippen MR) is 131 cm³/mol. The zero-order valence-electron chi connectivity index (χ0n) is 19.0. The molecule has 0 aliphatic carbocycles. The van der Waals surface area contributed by atoms with Crippen LogP contribution in [0.15, 0.2) is 46.0 Å². The summed E-state index contributed by atoms with van der Waals surface area (Å²) in [5.74, 6) is -1.92. The Labute approximate surface area is 205 Å². The molecule has 0 aliphatic heterocycles. The van der Waals surface area contributed by atoms with Gasteiger partial charge in [0, 0.05) is 26.2 Å². The van der Waals surface area contributed by atoms with E-state index < -0.39 is 29.2 Å². The van der Waals surface area contributed by atoms with Crippen molar-refractivity contribution in [3.63, 3.8) is 0 Å². The Bertz CT molecular complexity index is 1410. The summed E-state index contributed by atoms with van der Waals surface area (Å²) in [5, 5.41) is 12.4. The van der Waals surface area contributed by atoms with Crippen molar-refractivity contribution in [1.82, 2.24) is 14.5 Å². The third-order valence-corrected chi connectivity index (χ3v) is 6.38. The van der Waals surface area contributed by atoms with Gasteiger partial charge in [0.1, 0.15) is 6.04 Å². The highest BCUT2D eigenvalue weighted by molar-refractivity contribution is 6.39. The van der Waals surface area contributed by atoms with Crippen LogP contribution in [0.25, 0.3) is 11.1 Å². The number of aliphatic carboxylic acids is 1. The van der Waals surface area contributed by atoms with E-state index in [1.165, 1.54) is 23.7 Å². The van der Waals surface area contributed by atoms with Crippen LogP contribution in [0.5, 0.6) is 0 Å². The zero-order chi connectivity index (χ0) is 25.3. The molecule has 0 fully saturated rings. The molecule has 8 nitrogen and oxygen atoms in total. The van der Waals surface area contributed by atoms with Gasteiger partial charge in [0.25, 0.3) is 11.5 Å². The van der Waals surface area contributed by atoms with Gasteiger partial charge in [-0.1, -0.05) is 47.5 Å². The van der Waals surface area contributed by atoms with Gasteiger partial charge in [0.05, 0.1) is 21.2 Å². The summed E-state index contributed by atoms with van der Waals surface area (Å²) in [6, 6.07) is 8.49. The summed E-state index contributed by atoms with van der Waals surface area (Å²) in [4.78, 5) is 49.5. The number of halogens is 2. The summed E-state index contributed by atoms with van der Waals surface area (Å²) in [6.07, 6.45) is -0.00542. The van der Waals surface area contributed by atoms with Crippen molar-refractivity contribution in [2.75, 3.05) is 0 Å². The minimum Gasteiger partial charge on any atom is -0.480 e. The Hall–Kier alpha value is -3.36. The van der Waals surface area contributed by atoms with Crippen LogP contribution in [-0.4, -0.2) is 32.2 Å². The molecule has 2 aromatic carbocycles. The maximum atomic E-state index is 12.8. The topological polar surface area (TPSA) is 110 Å². The second kappa shape index (κ2) is 9.87. The molecule has 1 aromatic heterocycles. The van der Waals surface area contributed by atoms with Gasteiger partial charge in [0.2, 0.25) is 0 Å². The van der Waals surface area contributed by atoms with Crippen LogP contribution >= 0.6 is 23.2 Å². The molecule has 0 unspecified atom stereocenters. The molecule has 3 aromatic rings. The SMILES string of the molecule is Cc1cc(C[C@H](NC(=O)c2c(Cl)cccc2Cl)C(=O)O)ccc1-c1c(C)n(C)c(=O)n(C)c1=O. The van der Waals surface area contributed by atoms with Gasteiger partial charge >= 0.3 is 11.7 Å². The van der Waals surface area contributed by atoms with Crippen LogP contribution in [0, 0.1) is 13.8 Å². The van der Waals surface area contributed by atoms with Crippen LogP contribution in [-0.2, 0) is 25.3 Å². The van der Waals surface area contributed by atoms with E-state index >= 15 is 0 Å². The van der Waals surface area contributed by atoms with Gasteiger partial charge in [-0.15, -0.1) is 0 Å². The zero-order valence-corrected chi connectivity index (χ0v) is 20.5. The number of nitrogens with zero attached hydrogens (tertiary/aromatic N) is 2. The van der Waals surface area contributed by atoms with Crippen molar-refractivity contribution in [1.29, 1.82) is 0 Å². The Morgan fingerprint density at radius 1 is 1.03 bits per heavy atom. The normalized spacial score (nSPS) is 11.8. The molecule has 178 valence electrons. The first-order valence-corrected chi connectivity index (χ1v) is 11.0. The Balaban J connectivity index is 1.93. The lowest BCUT2D eigenvalue weighted by molar-refractivity contribution is -0.139. The minimum atomic E-state index is -1.24. The number of carbonyl (C=O) groups is 2. The minimum absolute atomic E-state index is 0.00428. The summed E-state index contributed by atoms with van der Waals surface area (Å²) in [7, 11) is 3.01. The van der Waals surface area contributed by atoms with E-state index in [2.05, 4.69) is 5.32 Å². The van der Waals surface area contributed by atoms with E-state index in [0.717, 1.165) is 10.1 Å². The van der Waals surface area contributed by atoms with E-state index in [1.54, 1.807) is 45.2 Å². The molecule has 1 heterocycles. The number of carboxylic acids is 1. The monoisotopic (exact) mass is 503 g/mol. The van der Waals surface area contributed by atoms with Crippen LogP contribution in [0.4, 0.5) is 0 Å². The molecule has 0 radical (unpaired) electrons. The van der Waals surface area contributed by atoms with Gasteiger partial charge in [0.15, 0.2) is 0 Å². The smallest absolute Gasteiger partial charge is 0.330 e. The number of hydrogen-bond donors (Lipinski definition) is 2. The first kappa shape index (κ1) is 25.3. The fourth-order valence-corrected chi connectivity index (χ4v) is 4.34. The molecule has 3 rings (SSSR count). The van der Waals surface area contributed by atoms with Crippen molar-refractivity contribution in [3.8, 4) is 11.1 Å². The van der Waals surface area contributed by atoms with Crippen molar-refractivity contribution >= 4 is 35.1 Å². The van der Waals surface area contributed by atoms with E-state index in [4.69, 9.17) is 23.2 Å². The van der Waals surface area contributed by atoms with E-state index in [0.29, 0.717) is 22.4 Å². The van der Waals surface area contributed by atoms with Crippen molar-refractivity contribution in [2.45, 2.75) is 26.3 Å². The maximum absolute atomic E-state index is 12.8. The lowest BCUT2D eigenvalue weighted by Gasteiger charge is -2.18. The fraction of sp³-hybridized carbons (Fsp3) is 0.250. The third-order valence-electron chi connectivity index (χ3n) is 5.75. The number of nitrogens with one attached hydrogen (secondary N) is 1. The summed E-state index contributed by atoms with van der Waals surface area (Å²) < 4.78 is 2.45. The number of rotatable bonds is 6. The van der Waals surface area contributed by atoms with E-state index in [-0.39, 0.29) is 22.0 Å². The Morgan fingerprint density at radius 2 is 1.65 bits per heavy atom. The highest BCUT2D eigenvalue weighted by atomic mass is 35.5. The molecule has 10 heteroatoms. The van der Waals surface area contributed by atoms with Crippen molar-refractivity contribution in [2.24, 2.45) is 14.1 Å².